The second-order valence-corrected chi connectivity index (χ2v) is 6.55. The smallest absolute Gasteiger partial charge is 0.340 e. The highest BCUT2D eigenvalue weighted by atomic mass is 32.2. The third-order valence-electron chi connectivity index (χ3n) is 3.05. The summed E-state index contributed by atoms with van der Waals surface area (Å²) in [6, 6.07) is 0. The number of nitrogens with zero attached hydrogens (tertiary/aromatic N) is 3. The lowest BCUT2D eigenvalue weighted by Crippen LogP contribution is -2.09. The van der Waals surface area contributed by atoms with Crippen molar-refractivity contribution in [1.82, 2.24) is 15.0 Å². The molecule has 0 atom stereocenters. The highest BCUT2D eigenvalue weighted by molar-refractivity contribution is 7.99. The van der Waals surface area contributed by atoms with Gasteiger partial charge in [0.2, 0.25) is 0 Å². The van der Waals surface area contributed by atoms with Gasteiger partial charge in [-0.3, -0.25) is 0 Å². The molecule has 5 nitrogen and oxygen atoms in total. The monoisotopic (exact) mass is 323 g/mol. The molecule has 112 valence electrons. The zero-order chi connectivity index (χ0) is 15.4. The van der Waals surface area contributed by atoms with E-state index in [1.54, 1.807) is 18.3 Å². The number of carbonyl (C=O) groups is 1. The number of aromatic carboxylic acids is 1. The van der Waals surface area contributed by atoms with Gasteiger partial charge in [0.1, 0.15) is 16.4 Å². The minimum atomic E-state index is -0.966. The number of thioether (sulfide) groups is 1. The molecule has 0 aliphatic rings. The number of aromatic nitrogens is 3. The summed E-state index contributed by atoms with van der Waals surface area (Å²) in [6.07, 6.45) is 1.56. The Morgan fingerprint density at radius 3 is 2.67 bits per heavy atom. The average molecular weight is 323 g/mol. The summed E-state index contributed by atoms with van der Waals surface area (Å²) in [7, 11) is 0. The fourth-order valence-corrected chi connectivity index (χ4v) is 3.88. The maximum Gasteiger partial charge on any atom is 0.340 e. The van der Waals surface area contributed by atoms with E-state index < -0.39 is 5.97 Å². The van der Waals surface area contributed by atoms with E-state index in [9.17, 15) is 9.90 Å². The van der Waals surface area contributed by atoms with E-state index in [2.05, 4.69) is 15.0 Å². The summed E-state index contributed by atoms with van der Waals surface area (Å²) < 4.78 is 0. The predicted molar refractivity (Wildman–Crippen MR) is 84.4 cm³/mol. The fourth-order valence-electron chi connectivity index (χ4n) is 1.92. The summed E-state index contributed by atoms with van der Waals surface area (Å²) in [5.41, 5.74) is 3.64. The van der Waals surface area contributed by atoms with Crippen molar-refractivity contribution in [3.05, 3.63) is 33.2 Å². The van der Waals surface area contributed by atoms with Crippen molar-refractivity contribution in [3.63, 3.8) is 0 Å². The molecule has 0 saturated heterocycles. The highest BCUT2D eigenvalue weighted by Crippen LogP contribution is 2.25. The van der Waals surface area contributed by atoms with Crippen LogP contribution in [-0.2, 0) is 12.8 Å². The minimum absolute atomic E-state index is 0.221. The highest BCUT2D eigenvalue weighted by Gasteiger charge is 2.18. The Morgan fingerprint density at radius 2 is 2.10 bits per heavy atom. The van der Waals surface area contributed by atoms with Crippen LogP contribution >= 0.6 is 23.1 Å². The molecule has 2 aromatic rings. The molecule has 0 aliphatic heterocycles. The molecule has 0 radical (unpaired) electrons. The van der Waals surface area contributed by atoms with Crippen molar-refractivity contribution in [3.8, 4) is 0 Å². The third kappa shape index (κ3) is 3.79. The summed E-state index contributed by atoms with van der Waals surface area (Å²) in [4.78, 5) is 25.4. The van der Waals surface area contributed by atoms with Crippen molar-refractivity contribution >= 4 is 29.1 Å². The number of carboxylic acid groups (broad SMARTS) is 1. The Bertz CT molecular complexity index is 656. The summed E-state index contributed by atoms with van der Waals surface area (Å²) >= 11 is 3.11. The maximum atomic E-state index is 11.4. The summed E-state index contributed by atoms with van der Waals surface area (Å²) in [5.74, 6) is 0.503. The van der Waals surface area contributed by atoms with Crippen LogP contribution in [0.2, 0.25) is 0 Å². The summed E-state index contributed by atoms with van der Waals surface area (Å²) in [6.45, 7) is 5.68. The van der Waals surface area contributed by atoms with Gasteiger partial charge in [-0.1, -0.05) is 6.92 Å². The normalized spacial score (nSPS) is 10.8. The Labute approximate surface area is 131 Å². The van der Waals surface area contributed by atoms with Crippen LogP contribution < -0.4 is 0 Å². The first kappa shape index (κ1) is 15.9. The number of thiazole rings is 1. The van der Waals surface area contributed by atoms with E-state index in [4.69, 9.17) is 0 Å². The molecule has 1 N–H and O–H groups in total. The maximum absolute atomic E-state index is 11.4. The lowest BCUT2D eigenvalue weighted by Gasteiger charge is -2.09. The van der Waals surface area contributed by atoms with Crippen LogP contribution in [0.4, 0.5) is 0 Å². The second kappa shape index (κ2) is 7.00. The Balaban J connectivity index is 2.16. The quantitative estimate of drug-likeness (QED) is 0.650. The Hall–Kier alpha value is -1.47. The van der Waals surface area contributed by atoms with Crippen LogP contribution in [0, 0.1) is 13.8 Å². The molecular formula is C14H17N3O2S2. The Kier molecular flexibility index (Phi) is 5.30. The molecule has 0 fully saturated rings. The van der Waals surface area contributed by atoms with Crippen LogP contribution in [0.1, 0.15) is 39.4 Å². The van der Waals surface area contributed by atoms with E-state index in [0.29, 0.717) is 23.0 Å². The van der Waals surface area contributed by atoms with Gasteiger partial charge < -0.3 is 5.11 Å². The van der Waals surface area contributed by atoms with Crippen molar-refractivity contribution in [2.45, 2.75) is 38.6 Å². The molecule has 0 bridgehead atoms. The van der Waals surface area contributed by atoms with Crippen LogP contribution in [0.3, 0.4) is 0 Å². The summed E-state index contributed by atoms with van der Waals surface area (Å²) in [5, 5.41) is 9.90. The van der Waals surface area contributed by atoms with Crippen molar-refractivity contribution in [2.24, 2.45) is 0 Å². The number of rotatable bonds is 6. The second-order valence-electron chi connectivity index (χ2n) is 4.52. The topological polar surface area (TPSA) is 76.0 Å². The van der Waals surface area contributed by atoms with Crippen molar-refractivity contribution in [1.29, 1.82) is 0 Å². The zero-order valence-electron chi connectivity index (χ0n) is 12.2. The fraction of sp³-hybridized carbons (Fsp3) is 0.429. The third-order valence-corrected chi connectivity index (χ3v) is 5.02. The zero-order valence-corrected chi connectivity index (χ0v) is 13.8. The Morgan fingerprint density at radius 1 is 1.33 bits per heavy atom. The van der Waals surface area contributed by atoms with Gasteiger partial charge >= 0.3 is 5.97 Å². The largest absolute Gasteiger partial charge is 0.478 e. The van der Waals surface area contributed by atoms with Crippen LogP contribution in [0.25, 0.3) is 0 Å². The van der Waals surface area contributed by atoms with Gasteiger partial charge in [0, 0.05) is 17.1 Å². The van der Waals surface area contributed by atoms with E-state index in [0.717, 1.165) is 17.9 Å². The van der Waals surface area contributed by atoms with Crippen LogP contribution in [-0.4, -0.2) is 31.8 Å². The first-order valence-electron chi connectivity index (χ1n) is 6.65. The SMILES string of the molecule is CCc1nc(C)c(C(=O)O)c(SCCc2scnc2C)n1. The van der Waals surface area contributed by atoms with Crippen LogP contribution in [0.5, 0.6) is 0 Å². The molecule has 2 aromatic heterocycles. The predicted octanol–water partition coefficient (Wildman–Crippen LogP) is 3.15. The van der Waals surface area contributed by atoms with Gasteiger partial charge in [-0.25, -0.2) is 19.7 Å². The molecule has 0 spiro atoms. The molecule has 0 amide bonds. The molecule has 2 heterocycles. The lowest BCUT2D eigenvalue weighted by molar-refractivity contribution is 0.0690. The average Bonchev–Trinajstić information content (AvgIpc) is 2.83. The van der Waals surface area contributed by atoms with Crippen molar-refractivity contribution < 1.29 is 9.90 Å². The molecule has 0 aromatic carbocycles. The van der Waals surface area contributed by atoms with E-state index in [-0.39, 0.29) is 5.56 Å². The molecule has 21 heavy (non-hydrogen) atoms. The number of carboxylic acids is 1. The number of aryl methyl sites for hydroxylation is 4. The van der Waals surface area contributed by atoms with Gasteiger partial charge in [0.15, 0.2) is 0 Å². The molecule has 0 aliphatic carbocycles. The molecule has 0 saturated carbocycles. The van der Waals surface area contributed by atoms with Gasteiger partial charge in [0.25, 0.3) is 0 Å². The van der Waals surface area contributed by atoms with Gasteiger partial charge in [-0.15, -0.1) is 23.1 Å². The molecule has 0 unspecified atom stereocenters. The first-order valence-corrected chi connectivity index (χ1v) is 8.52. The molecule has 7 heteroatoms. The lowest BCUT2D eigenvalue weighted by atomic mass is 10.2. The van der Waals surface area contributed by atoms with Crippen LogP contribution in [0.15, 0.2) is 10.5 Å². The van der Waals surface area contributed by atoms with Gasteiger partial charge in [-0.05, 0) is 20.3 Å². The number of hydrogen-bond acceptors (Lipinski definition) is 6. The number of hydrogen-bond donors (Lipinski definition) is 1. The molecular weight excluding hydrogens is 306 g/mol. The van der Waals surface area contributed by atoms with E-state index in [1.165, 1.54) is 16.6 Å². The van der Waals surface area contributed by atoms with E-state index in [1.807, 2.05) is 19.4 Å². The van der Waals surface area contributed by atoms with E-state index >= 15 is 0 Å². The standard InChI is InChI=1S/C14H17N3O2S2/c1-4-11-16-9(3)12(14(18)19)13(17-11)20-6-5-10-8(2)15-7-21-10/h7H,4-6H2,1-3H3,(H,18,19). The minimum Gasteiger partial charge on any atom is -0.478 e. The van der Waals surface area contributed by atoms with Gasteiger partial charge in [-0.2, -0.15) is 0 Å². The van der Waals surface area contributed by atoms with Gasteiger partial charge in [0.05, 0.1) is 16.9 Å². The first-order chi connectivity index (χ1) is 10.0. The molecule has 2 rings (SSSR count). The van der Waals surface area contributed by atoms with Crippen molar-refractivity contribution in [2.75, 3.05) is 5.75 Å².